The highest BCUT2D eigenvalue weighted by Crippen LogP contribution is 2.25. The van der Waals surface area contributed by atoms with Crippen molar-refractivity contribution in [2.24, 2.45) is 0 Å². The molecule has 0 aliphatic heterocycles. The number of carbonyl (C=O) groups is 2. The van der Waals surface area contributed by atoms with Crippen LogP contribution >= 0.6 is 0 Å². The quantitative estimate of drug-likeness (QED) is 0.119. The molecule has 0 radical (unpaired) electrons. The molecule has 5 aromatic rings. The number of amides is 2. The fraction of sp³-hybridized carbons (Fsp3) is 0.244. The lowest BCUT2D eigenvalue weighted by molar-refractivity contribution is -0.275. The van der Waals surface area contributed by atoms with E-state index in [9.17, 15) is 35.9 Å². The van der Waals surface area contributed by atoms with Crippen LogP contribution in [0.15, 0.2) is 115 Å². The number of aromatic nitrogens is 1. The Bertz CT molecular complexity index is 1940. The van der Waals surface area contributed by atoms with Gasteiger partial charge in [-0.25, -0.2) is 0 Å². The first-order valence-electron chi connectivity index (χ1n) is 17.3. The molecular formula is C41H41F6N5O6-2. The van der Waals surface area contributed by atoms with E-state index in [0.29, 0.717) is 22.4 Å². The molecular weight excluding hydrogens is 772 g/mol. The molecule has 310 valence electrons. The Morgan fingerprint density at radius 3 is 1.43 bits per heavy atom. The Hall–Kier alpha value is -6.33. The van der Waals surface area contributed by atoms with Crippen molar-refractivity contribution in [2.75, 3.05) is 14.2 Å². The second-order valence-corrected chi connectivity index (χ2v) is 12.1. The van der Waals surface area contributed by atoms with Crippen molar-refractivity contribution >= 4 is 11.8 Å². The van der Waals surface area contributed by atoms with Gasteiger partial charge in [-0.3, -0.25) is 14.6 Å². The van der Waals surface area contributed by atoms with Crippen LogP contribution in [0.1, 0.15) is 69.0 Å². The lowest BCUT2D eigenvalue weighted by Crippen LogP contribution is -2.29. The predicted octanol–water partition coefficient (Wildman–Crippen LogP) is 10.4. The molecule has 4 N–H and O–H groups in total. The van der Waals surface area contributed by atoms with Gasteiger partial charge in [-0.15, -0.1) is 39.4 Å². The molecule has 0 bridgehead atoms. The first kappa shape index (κ1) is 46.1. The topological polar surface area (TPSA) is 156 Å². The van der Waals surface area contributed by atoms with Crippen LogP contribution in [0.4, 0.5) is 26.3 Å². The van der Waals surface area contributed by atoms with Crippen LogP contribution in [-0.2, 0) is 13.1 Å². The van der Waals surface area contributed by atoms with Gasteiger partial charge in [0, 0.05) is 11.8 Å². The molecule has 0 saturated heterocycles. The minimum absolute atomic E-state index is 0.0605. The van der Waals surface area contributed by atoms with E-state index in [-0.39, 0.29) is 54.2 Å². The Kier molecular flexibility index (Phi) is 17.3. The number of methoxy groups -OCH3 is 2. The summed E-state index contributed by atoms with van der Waals surface area (Å²) in [5.41, 5.74) is 17.2. The van der Waals surface area contributed by atoms with Gasteiger partial charge in [0.2, 0.25) is 0 Å². The minimum Gasteiger partial charge on any atom is -0.674 e. The van der Waals surface area contributed by atoms with Crippen molar-refractivity contribution in [2.45, 2.75) is 51.7 Å². The smallest absolute Gasteiger partial charge is 0.573 e. The highest BCUT2D eigenvalue weighted by Gasteiger charge is 2.31. The Balaban J connectivity index is 0.000000283. The normalized spacial score (nSPS) is 11.9. The molecule has 11 nitrogen and oxygen atoms in total. The van der Waals surface area contributed by atoms with Crippen molar-refractivity contribution in [3.63, 3.8) is 0 Å². The summed E-state index contributed by atoms with van der Waals surface area (Å²) in [6, 6.07) is 28.3. The highest BCUT2D eigenvalue weighted by molar-refractivity contribution is 5.98. The zero-order valence-corrected chi connectivity index (χ0v) is 31.7. The fourth-order valence-corrected chi connectivity index (χ4v) is 4.94. The highest BCUT2D eigenvalue weighted by atomic mass is 19.4. The average Bonchev–Trinajstić information content (AvgIpc) is 3.20. The second-order valence-electron chi connectivity index (χ2n) is 12.1. The summed E-state index contributed by atoms with van der Waals surface area (Å²) in [4.78, 5) is 29.6. The fourth-order valence-electron chi connectivity index (χ4n) is 4.94. The van der Waals surface area contributed by atoms with Crippen molar-refractivity contribution in [3.05, 3.63) is 160 Å². The molecule has 0 saturated carbocycles. The number of nitrogens with one attached hydrogen (secondary N) is 4. The lowest BCUT2D eigenvalue weighted by Gasteiger charge is -2.16. The molecule has 2 unspecified atom stereocenters. The number of benzene rings is 4. The van der Waals surface area contributed by atoms with E-state index in [0.717, 1.165) is 16.9 Å². The minimum atomic E-state index is -4.67. The molecule has 1 aromatic heterocycles. The molecule has 1 heterocycles. The van der Waals surface area contributed by atoms with Gasteiger partial charge in [-0.05, 0) is 85.6 Å². The first-order chi connectivity index (χ1) is 27.4. The average molecular weight is 814 g/mol. The van der Waals surface area contributed by atoms with E-state index in [1.54, 1.807) is 32.4 Å². The van der Waals surface area contributed by atoms with Gasteiger partial charge in [-0.1, -0.05) is 59.7 Å². The van der Waals surface area contributed by atoms with Gasteiger partial charge in [0.25, 0.3) is 11.8 Å². The molecule has 4 aromatic carbocycles. The van der Waals surface area contributed by atoms with Crippen molar-refractivity contribution < 1.29 is 54.9 Å². The number of nitrogens with zero attached hydrogens (tertiary/aromatic N) is 1. The van der Waals surface area contributed by atoms with Crippen LogP contribution in [0.25, 0.3) is 11.5 Å². The van der Waals surface area contributed by atoms with Gasteiger partial charge in [0.1, 0.15) is 28.7 Å². The number of pyridine rings is 1. The molecule has 0 aliphatic carbocycles. The number of hydrogen-bond acceptors (Lipinski definition) is 7. The van der Waals surface area contributed by atoms with Gasteiger partial charge in [0.15, 0.2) is 0 Å². The Morgan fingerprint density at radius 1 is 0.603 bits per heavy atom. The van der Waals surface area contributed by atoms with Gasteiger partial charge in [0.05, 0.1) is 26.3 Å². The summed E-state index contributed by atoms with van der Waals surface area (Å²) in [7, 11) is 3.19. The number of alkyl halides is 6. The SMILES string of the molecule is COc1cccc(C(C)NC(=O)c2ccnc(C(=O)NC(C)c3cccc(OC)c3)c2)c1.[NH-]Cc1cccc(OC(F)(F)F)c1.[NH-]Cc1cccc(OC(F)(F)F)c1. The van der Waals surface area contributed by atoms with Crippen molar-refractivity contribution in [3.8, 4) is 23.0 Å². The molecule has 0 spiro atoms. The maximum absolute atomic E-state index is 12.8. The summed E-state index contributed by atoms with van der Waals surface area (Å²) < 4.78 is 88.0. The summed E-state index contributed by atoms with van der Waals surface area (Å²) in [5.74, 6) is 0.213. The van der Waals surface area contributed by atoms with Crippen molar-refractivity contribution in [1.82, 2.24) is 15.6 Å². The van der Waals surface area contributed by atoms with E-state index < -0.39 is 12.7 Å². The number of halogens is 6. The number of ether oxygens (including phenoxy) is 4. The molecule has 2 amide bonds. The van der Waals surface area contributed by atoms with Crippen LogP contribution in [0.5, 0.6) is 23.0 Å². The largest absolute Gasteiger partial charge is 0.674 e. The van der Waals surface area contributed by atoms with Gasteiger partial charge in [-0.2, -0.15) is 0 Å². The van der Waals surface area contributed by atoms with Gasteiger partial charge >= 0.3 is 12.7 Å². The zero-order chi connectivity index (χ0) is 42.9. The second kappa shape index (κ2) is 21.8. The molecule has 0 aliphatic rings. The van der Waals surface area contributed by atoms with Crippen LogP contribution in [-0.4, -0.2) is 43.7 Å². The number of rotatable bonds is 12. The third-order valence-electron chi connectivity index (χ3n) is 7.81. The summed E-state index contributed by atoms with van der Waals surface area (Å²) in [6.45, 7) is 3.64. The third kappa shape index (κ3) is 16.0. The third-order valence-corrected chi connectivity index (χ3v) is 7.81. The number of carbonyl (C=O) groups excluding carboxylic acids is 2. The maximum Gasteiger partial charge on any atom is 0.573 e. The van der Waals surface area contributed by atoms with Crippen LogP contribution in [0.3, 0.4) is 0 Å². The molecule has 2 atom stereocenters. The van der Waals surface area contributed by atoms with Crippen LogP contribution < -0.4 is 29.6 Å². The van der Waals surface area contributed by atoms with Crippen LogP contribution in [0, 0.1) is 0 Å². The van der Waals surface area contributed by atoms with E-state index in [1.807, 2.05) is 62.4 Å². The Labute approximate surface area is 331 Å². The van der Waals surface area contributed by atoms with E-state index >= 15 is 0 Å². The van der Waals surface area contributed by atoms with Crippen molar-refractivity contribution in [1.29, 1.82) is 0 Å². The molecule has 0 fully saturated rings. The summed E-state index contributed by atoms with van der Waals surface area (Å²) in [6.07, 6.45) is -7.88. The van der Waals surface area contributed by atoms with Crippen LogP contribution in [0.2, 0.25) is 0 Å². The van der Waals surface area contributed by atoms with E-state index in [1.165, 1.54) is 48.7 Å². The molecule has 5 rings (SSSR count). The lowest BCUT2D eigenvalue weighted by atomic mass is 10.1. The van der Waals surface area contributed by atoms with E-state index in [2.05, 4.69) is 25.1 Å². The Morgan fingerprint density at radius 2 is 1.02 bits per heavy atom. The molecule has 17 heteroatoms. The van der Waals surface area contributed by atoms with E-state index in [4.69, 9.17) is 20.9 Å². The summed E-state index contributed by atoms with van der Waals surface area (Å²) in [5, 5.41) is 5.85. The number of hydrogen-bond donors (Lipinski definition) is 2. The maximum atomic E-state index is 12.8. The standard InChI is InChI=1S/C25H27N3O4.2C8H7F3NO/c1-16(18-7-5-9-21(13-18)31-3)27-24(29)20-11-12-26-23(15-20)25(30)28-17(2)19-8-6-10-22(14-19)32-4;2*9-8(10,11)13-7-3-1-2-6(4-7)5-12/h5-17H,1-4H3,(H,27,29)(H,28,30);2*1-4,12H,5H2/q;2*-1. The summed E-state index contributed by atoms with van der Waals surface area (Å²) >= 11 is 0. The first-order valence-corrected chi connectivity index (χ1v) is 17.3. The monoisotopic (exact) mass is 813 g/mol. The molecule has 58 heavy (non-hydrogen) atoms. The zero-order valence-electron chi connectivity index (χ0n) is 31.7. The van der Waals surface area contributed by atoms with Gasteiger partial charge < -0.3 is 41.0 Å². The predicted molar refractivity (Wildman–Crippen MR) is 204 cm³/mol.